The number of rotatable bonds is 2. The summed E-state index contributed by atoms with van der Waals surface area (Å²) >= 11 is 15.8. The first kappa shape index (κ1) is 11.4. The average Bonchev–Trinajstić information content (AvgIpc) is 2.89. The Labute approximate surface area is 114 Å². The molecular weight excluding hydrogens is 307 g/mol. The van der Waals surface area contributed by atoms with E-state index in [2.05, 4.69) is 22.0 Å². The van der Waals surface area contributed by atoms with Crippen molar-refractivity contribution in [2.24, 2.45) is 17.8 Å². The van der Waals surface area contributed by atoms with E-state index < -0.39 is 0 Å². The maximum absolute atomic E-state index is 6.05. The molecule has 0 aromatic heterocycles. The lowest BCUT2D eigenvalue weighted by Crippen LogP contribution is -2.05. The molecule has 1 aromatic rings. The zero-order valence-corrected chi connectivity index (χ0v) is 11.9. The van der Waals surface area contributed by atoms with Crippen LogP contribution in [-0.2, 0) is 0 Å². The van der Waals surface area contributed by atoms with E-state index in [1.54, 1.807) is 0 Å². The lowest BCUT2D eigenvalue weighted by Gasteiger charge is -2.19. The molecule has 2 fully saturated rings. The van der Waals surface area contributed by atoms with Gasteiger partial charge < -0.3 is 0 Å². The summed E-state index contributed by atoms with van der Waals surface area (Å²) in [6.07, 6.45) is 4.22. The molecule has 86 valence electrons. The summed E-state index contributed by atoms with van der Waals surface area (Å²) in [7, 11) is 0. The summed E-state index contributed by atoms with van der Waals surface area (Å²) in [4.78, 5) is 0.440. The summed E-state index contributed by atoms with van der Waals surface area (Å²) in [5.74, 6) is 2.82. The molecule has 2 saturated carbocycles. The molecule has 0 amide bonds. The summed E-state index contributed by atoms with van der Waals surface area (Å²) < 4.78 is 0. The fraction of sp³-hybridized carbons (Fsp3) is 0.538. The Balaban J connectivity index is 1.77. The Morgan fingerprint density at radius 2 is 1.75 bits per heavy atom. The van der Waals surface area contributed by atoms with E-state index in [4.69, 9.17) is 23.2 Å². The number of alkyl halides is 1. The van der Waals surface area contributed by atoms with Crippen molar-refractivity contribution < 1.29 is 0 Å². The van der Waals surface area contributed by atoms with Crippen LogP contribution in [0, 0.1) is 17.8 Å². The van der Waals surface area contributed by atoms with Gasteiger partial charge in [0.25, 0.3) is 0 Å². The number of fused-ring (bicyclic) bond motifs is 1. The maximum atomic E-state index is 6.05. The van der Waals surface area contributed by atoms with Crippen molar-refractivity contribution in [1.29, 1.82) is 0 Å². The number of benzene rings is 1. The van der Waals surface area contributed by atoms with Crippen molar-refractivity contribution in [2.45, 2.75) is 24.1 Å². The predicted molar refractivity (Wildman–Crippen MR) is 72.5 cm³/mol. The molecule has 1 aromatic carbocycles. The first-order valence-electron chi connectivity index (χ1n) is 5.74. The van der Waals surface area contributed by atoms with E-state index >= 15 is 0 Å². The Bertz CT molecular complexity index is 408. The van der Waals surface area contributed by atoms with E-state index in [0.717, 1.165) is 17.8 Å². The van der Waals surface area contributed by atoms with Gasteiger partial charge in [-0.1, -0.05) is 45.2 Å². The van der Waals surface area contributed by atoms with Crippen LogP contribution in [0.5, 0.6) is 0 Å². The van der Waals surface area contributed by atoms with Gasteiger partial charge in [-0.15, -0.1) is 0 Å². The van der Waals surface area contributed by atoms with Crippen LogP contribution in [0.2, 0.25) is 10.0 Å². The van der Waals surface area contributed by atoms with Gasteiger partial charge in [0.05, 0.1) is 10.0 Å². The summed E-state index contributed by atoms with van der Waals surface area (Å²) in [6, 6.07) is 5.97. The predicted octanol–water partition coefficient (Wildman–Crippen LogP) is 5.48. The summed E-state index contributed by atoms with van der Waals surface area (Å²) in [6.45, 7) is 0. The molecular formula is C13H13BrCl2. The Kier molecular flexibility index (Phi) is 2.98. The first-order chi connectivity index (χ1) is 7.65. The van der Waals surface area contributed by atoms with E-state index in [1.807, 2.05) is 12.1 Å². The van der Waals surface area contributed by atoms with Crippen molar-refractivity contribution in [3.63, 3.8) is 0 Å². The molecule has 3 rings (SSSR count). The number of hydrogen-bond acceptors (Lipinski definition) is 0. The molecule has 0 radical (unpaired) electrons. The summed E-state index contributed by atoms with van der Waals surface area (Å²) in [5.41, 5.74) is 1.26. The van der Waals surface area contributed by atoms with Gasteiger partial charge in [-0.3, -0.25) is 0 Å². The average molecular weight is 320 g/mol. The van der Waals surface area contributed by atoms with Crippen molar-refractivity contribution in [2.75, 3.05) is 0 Å². The first-order valence-corrected chi connectivity index (χ1v) is 7.41. The third-order valence-electron chi connectivity index (χ3n) is 3.96. The number of hydrogen-bond donors (Lipinski definition) is 0. The number of halogens is 3. The normalized spacial score (nSPS) is 33.6. The smallest absolute Gasteiger partial charge is 0.0595 e. The molecule has 0 N–H and O–H groups in total. The van der Waals surface area contributed by atoms with Gasteiger partial charge >= 0.3 is 0 Å². The molecule has 0 bridgehead atoms. The third-order valence-corrected chi connectivity index (χ3v) is 5.97. The minimum atomic E-state index is 0.440. The molecule has 3 unspecified atom stereocenters. The molecule has 2 aliphatic carbocycles. The topological polar surface area (TPSA) is 0 Å². The second-order valence-electron chi connectivity index (χ2n) is 5.06. The highest BCUT2D eigenvalue weighted by atomic mass is 79.9. The van der Waals surface area contributed by atoms with E-state index in [9.17, 15) is 0 Å². The van der Waals surface area contributed by atoms with Gasteiger partial charge in [0.2, 0.25) is 0 Å². The largest absolute Gasteiger partial charge is 0.0836 e. The van der Waals surface area contributed by atoms with Gasteiger partial charge in [0, 0.05) is 4.83 Å². The molecule has 0 aliphatic heterocycles. The minimum Gasteiger partial charge on any atom is -0.0836 e. The molecule has 3 atom stereocenters. The SMILES string of the molecule is Clc1ccc(C(Br)C2CC3CC3C2)cc1Cl. The van der Waals surface area contributed by atoms with Crippen LogP contribution >= 0.6 is 39.1 Å². The highest BCUT2D eigenvalue weighted by Crippen LogP contribution is 2.58. The lowest BCUT2D eigenvalue weighted by atomic mass is 9.95. The highest BCUT2D eigenvalue weighted by Gasteiger charge is 2.47. The van der Waals surface area contributed by atoms with Crippen LogP contribution in [0.15, 0.2) is 18.2 Å². The molecule has 0 heterocycles. The fourth-order valence-corrected chi connectivity index (χ4v) is 3.98. The van der Waals surface area contributed by atoms with Crippen molar-refractivity contribution >= 4 is 39.1 Å². The van der Waals surface area contributed by atoms with E-state index in [-0.39, 0.29) is 0 Å². The molecule has 0 spiro atoms. The Hall–Kier alpha value is 0.280. The standard InChI is InChI=1S/C13H13BrCl2/c14-13(10-4-8-3-9(8)5-10)7-1-2-11(15)12(16)6-7/h1-2,6,8-10,13H,3-5H2. The van der Waals surface area contributed by atoms with Gasteiger partial charge in [-0.2, -0.15) is 0 Å². The maximum Gasteiger partial charge on any atom is 0.0595 e. The van der Waals surface area contributed by atoms with Crippen LogP contribution in [-0.4, -0.2) is 0 Å². The van der Waals surface area contributed by atoms with Crippen molar-refractivity contribution in [3.05, 3.63) is 33.8 Å². The zero-order chi connectivity index (χ0) is 11.3. The highest BCUT2D eigenvalue weighted by molar-refractivity contribution is 9.09. The zero-order valence-electron chi connectivity index (χ0n) is 8.80. The quantitative estimate of drug-likeness (QED) is 0.633. The van der Waals surface area contributed by atoms with Gasteiger partial charge in [-0.05, 0) is 54.7 Å². The Morgan fingerprint density at radius 3 is 2.38 bits per heavy atom. The van der Waals surface area contributed by atoms with Gasteiger partial charge in [-0.25, -0.2) is 0 Å². The van der Waals surface area contributed by atoms with Gasteiger partial charge in [0.1, 0.15) is 0 Å². The Morgan fingerprint density at radius 1 is 1.06 bits per heavy atom. The molecule has 0 nitrogen and oxygen atoms in total. The van der Waals surface area contributed by atoms with Crippen LogP contribution in [0.25, 0.3) is 0 Å². The minimum absolute atomic E-state index is 0.440. The summed E-state index contributed by atoms with van der Waals surface area (Å²) in [5, 5.41) is 1.30. The van der Waals surface area contributed by atoms with Crippen LogP contribution in [0.4, 0.5) is 0 Å². The monoisotopic (exact) mass is 318 g/mol. The third kappa shape index (κ3) is 2.02. The molecule has 0 saturated heterocycles. The van der Waals surface area contributed by atoms with Crippen molar-refractivity contribution in [3.8, 4) is 0 Å². The molecule has 3 heteroatoms. The second-order valence-corrected chi connectivity index (χ2v) is 6.86. The van der Waals surface area contributed by atoms with Crippen molar-refractivity contribution in [1.82, 2.24) is 0 Å². The second kappa shape index (κ2) is 4.19. The fourth-order valence-electron chi connectivity index (χ4n) is 2.96. The van der Waals surface area contributed by atoms with Crippen LogP contribution < -0.4 is 0 Å². The van der Waals surface area contributed by atoms with Gasteiger partial charge in [0.15, 0.2) is 0 Å². The van der Waals surface area contributed by atoms with E-state index in [0.29, 0.717) is 14.9 Å². The van der Waals surface area contributed by atoms with Crippen LogP contribution in [0.3, 0.4) is 0 Å². The molecule has 16 heavy (non-hydrogen) atoms. The van der Waals surface area contributed by atoms with E-state index in [1.165, 1.54) is 24.8 Å². The lowest BCUT2D eigenvalue weighted by molar-refractivity contribution is 0.482. The molecule has 2 aliphatic rings. The van der Waals surface area contributed by atoms with Crippen LogP contribution in [0.1, 0.15) is 29.7 Å².